The number of thiophene rings is 1. The molecule has 1 heterocycles. The maximum Gasteiger partial charge on any atom is 0.00452 e. The number of hydrogen-bond donors (Lipinski definition) is 0. The second-order valence-corrected chi connectivity index (χ2v) is 3.57. The molecule has 2 heteroatoms. The second-order valence-electron chi connectivity index (χ2n) is 2.54. The van der Waals surface area contributed by atoms with Crippen molar-refractivity contribution in [2.24, 2.45) is 0 Å². The molecular formula is C9H16S2. The number of hydrogen-bond acceptors (Lipinski definition) is 1. The zero-order valence-electron chi connectivity index (χ0n) is 6.97. The molecule has 0 radical (unpaired) electrons. The average Bonchev–Trinajstić information content (AvgIpc) is 2.41. The highest BCUT2D eigenvalue weighted by Crippen LogP contribution is 2.12. The van der Waals surface area contributed by atoms with Gasteiger partial charge in [0.1, 0.15) is 0 Å². The number of rotatable bonds is 4. The third-order valence-corrected chi connectivity index (χ3v) is 2.54. The predicted molar refractivity (Wildman–Crippen MR) is 57.9 cm³/mol. The molecule has 0 aliphatic carbocycles. The predicted octanol–water partition coefficient (Wildman–Crippen LogP) is 3.59. The lowest BCUT2D eigenvalue weighted by atomic mass is 10.2. The van der Waals surface area contributed by atoms with Gasteiger partial charge in [0.05, 0.1) is 0 Å². The van der Waals surface area contributed by atoms with E-state index < -0.39 is 0 Å². The third-order valence-electron chi connectivity index (χ3n) is 1.61. The Kier molecular flexibility index (Phi) is 6.77. The molecule has 0 N–H and O–H groups in total. The summed E-state index contributed by atoms with van der Waals surface area (Å²) in [7, 11) is 0. The van der Waals surface area contributed by atoms with Crippen LogP contribution in [0.3, 0.4) is 0 Å². The molecule has 0 spiro atoms. The zero-order valence-corrected chi connectivity index (χ0v) is 8.79. The summed E-state index contributed by atoms with van der Waals surface area (Å²) in [4.78, 5) is 1.54. The fourth-order valence-corrected chi connectivity index (χ4v) is 1.76. The summed E-state index contributed by atoms with van der Waals surface area (Å²) in [6.07, 6.45) is 5.34. The topological polar surface area (TPSA) is 0 Å². The van der Waals surface area contributed by atoms with Crippen LogP contribution in [0.15, 0.2) is 17.5 Å². The van der Waals surface area contributed by atoms with Crippen LogP contribution < -0.4 is 0 Å². The molecule has 1 aromatic rings. The molecule has 0 atom stereocenters. The van der Waals surface area contributed by atoms with Gasteiger partial charge in [0.15, 0.2) is 0 Å². The van der Waals surface area contributed by atoms with Crippen LogP contribution in [0.25, 0.3) is 0 Å². The minimum absolute atomic E-state index is 0. The van der Waals surface area contributed by atoms with Crippen LogP contribution in [0.1, 0.15) is 31.1 Å². The molecule has 11 heavy (non-hydrogen) atoms. The van der Waals surface area contributed by atoms with Crippen molar-refractivity contribution < 1.29 is 0 Å². The van der Waals surface area contributed by atoms with Gasteiger partial charge in [-0.1, -0.05) is 25.8 Å². The van der Waals surface area contributed by atoms with Crippen molar-refractivity contribution in [3.8, 4) is 0 Å². The van der Waals surface area contributed by atoms with Gasteiger partial charge in [-0.3, -0.25) is 0 Å². The monoisotopic (exact) mass is 188 g/mol. The first-order chi connectivity index (χ1) is 4.93. The van der Waals surface area contributed by atoms with Crippen LogP contribution in [0.5, 0.6) is 0 Å². The van der Waals surface area contributed by atoms with Crippen LogP contribution >= 0.6 is 24.8 Å². The van der Waals surface area contributed by atoms with E-state index in [4.69, 9.17) is 0 Å². The van der Waals surface area contributed by atoms with Crippen molar-refractivity contribution in [2.45, 2.75) is 32.6 Å². The Morgan fingerprint density at radius 3 is 2.73 bits per heavy atom. The van der Waals surface area contributed by atoms with Gasteiger partial charge in [-0.15, -0.1) is 11.3 Å². The van der Waals surface area contributed by atoms with E-state index in [-0.39, 0.29) is 13.5 Å². The van der Waals surface area contributed by atoms with E-state index in [0.29, 0.717) is 0 Å². The Bertz CT molecular complexity index is 156. The summed E-state index contributed by atoms with van der Waals surface area (Å²) in [5, 5.41) is 2.15. The largest absolute Gasteiger partial charge is 0.197 e. The summed E-state index contributed by atoms with van der Waals surface area (Å²) in [6.45, 7) is 2.24. The van der Waals surface area contributed by atoms with Crippen molar-refractivity contribution in [2.75, 3.05) is 0 Å². The molecule has 0 saturated carbocycles. The Labute approximate surface area is 80.1 Å². The normalized spacial score (nSPS) is 9.18. The molecule has 0 bridgehead atoms. The molecule has 1 aromatic heterocycles. The summed E-state index contributed by atoms with van der Waals surface area (Å²) >= 11 is 1.87. The van der Waals surface area contributed by atoms with E-state index in [9.17, 15) is 0 Å². The lowest BCUT2D eigenvalue weighted by Gasteiger charge is -1.93. The van der Waals surface area contributed by atoms with E-state index in [0.717, 1.165) is 0 Å². The van der Waals surface area contributed by atoms with E-state index in [1.165, 1.54) is 30.6 Å². The Balaban J connectivity index is 0.000001000. The van der Waals surface area contributed by atoms with Crippen LogP contribution in [0, 0.1) is 0 Å². The molecule has 0 aliphatic heterocycles. The van der Waals surface area contributed by atoms with Gasteiger partial charge < -0.3 is 0 Å². The molecule has 0 fully saturated rings. The van der Waals surface area contributed by atoms with Gasteiger partial charge in [0, 0.05) is 4.88 Å². The van der Waals surface area contributed by atoms with E-state index >= 15 is 0 Å². The third kappa shape index (κ3) is 4.49. The quantitative estimate of drug-likeness (QED) is 0.633. The molecule has 0 saturated heterocycles. The summed E-state index contributed by atoms with van der Waals surface area (Å²) < 4.78 is 0. The minimum atomic E-state index is 0. The van der Waals surface area contributed by atoms with Gasteiger partial charge >= 0.3 is 0 Å². The van der Waals surface area contributed by atoms with Crippen LogP contribution in [0.4, 0.5) is 0 Å². The molecule has 1 rings (SSSR count). The van der Waals surface area contributed by atoms with Crippen LogP contribution in [-0.2, 0) is 6.42 Å². The van der Waals surface area contributed by atoms with Gasteiger partial charge in [0.2, 0.25) is 0 Å². The minimum Gasteiger partial charge on any atom is -0.197 e. The van der Waals surface area contributed by atoms with Gasteiger partial charge in [-0.2, -0.15) is 13.5 Å². The molecule has 0 nitrogen and oxygen atoms in total. The Morgan fingerprint density at radius 2 is 2.18 bits per heavy atom. The first-order valence-electron chi connectivity index (χ1n) is 3.96. The summed E-state index contributed by atoms with van der Waals surface area (Å²) in [6, 6.07) is 4.35. The summed E-state index contributed by atoms with van der Waals surface area (Å²) in [5.41, 5.74) is 0. The van der Waals surface area contributed by atoms with Gasteiger partial charge in [-0.25, -0.2) is 0 Å². The maximum atomic E-state index is 2.24. The first kappa shape index (κ1) is 11.1. The fraction of sp³-hybridized carbons (Fsp3) is 0.556. The molecule has 0 aromatic carbocycles. The first-order valence-corrected chi connectivity index (χ1v) is 4.84. The number of unbranched alkanes of at least 4 members (excludes halogenated alkanes) is 2. The van der Waals surface area contributed by atoms with Crippen LogP contribution in [0.2, 0.25) is 0 Å². The maximum absolute atomic E-state index is 2.24. The molecule has 0 aliphatic rings. The van der Waals surface area contributed by atoms with Crippen molar-refractivity contribution in [3.05, 3.63) is 22.4 Å². The zero-order chi connectivity index (χ0) is 7.23. The Hall–Kier alpha value is 0.0500. The highest BCUT2D eigenvalue weighted by Gasteiger charge is 1.91. The van der Waals surface area contributed by atoms with Crippen LogP contribution in [-0.4, -0.2) is 0 Å². The van der Waals surface area contributed by atoms with E-state index in [1.807, 2.05) is 11.3 Å². The highest BCUT2D eigenvalue weighted by molar-refractivity contribution is 7.59. The molecule has 64 valence electrons. The average molecular weight is 188 g/mol. The standard InChI is InChI=1S/C9H14S.H2S/c1-2-3-4-6-9-7-5-8-10-9;/h5,7-8H,2-4,6H2,1H3;1H2. The number of aryl methyl sites for hydroxylation is 1. The van der Waals surface area contributed by atoms with Crippen molar-refractivity contribution in [3.63, 3.8) is 0 Å². The van der Waals surface area contributed by atoms with E-state index in [2.05, 4.69) is 24.4 Å². The van der Waals surface area contributed by atoms with Gasteiger partial charge in [0.25, 0.3) is 0 Å². The molecule has 0 unspecified atom stereocenters. The smallest absolute Gasteiger partial charge is 0.00452 e. The SMILES string of the molecule is CCCCCc1cccs1.S. The lowest BCUT2D eigenvalue weighted by molar-refractivity contribution is 0.722. The van der Waals surface area contributed by atoms with Gasteiger partial charge in [-0.05, 0) is 24.3 Å². The second kappa shape index (κ2) is 6.74. The molecular weight excluding hydrogens is 172 g/mol. The van der Waals surface area contributed by atoms with E-state index in [1.54, 1.807) is 0 Å². The fourth-order valence-electron chi connectivity index (χ4n) is 1.00. The van der Waals surface area contributed by atoms with Crippen molar-refractivity contribution >= 4 is 24.8 Å². The lowest BCUT2D eigenvalue weighted by Crippen LogP contribution is -1.78. The Morgan fingerprint density at radius 1 is 1.36 bits per heavy atom. The highest BCUT2D eigenvalue weighted by atomic mass is 32.1. The molecule has 0 amide bonds. The van der Waals surface area contributed by atoms with Crippen molar-refractivity contribution in [1.82, 2.24) is 0 Å². The summed E-state index contributed by atoms with van der Waals surface area (Å²) in [5.74, 6) is 0. The van der Waals surface area contributed by atoms with Crippen molar-refractivity contribution in [1.29, 1.82) is 0 Å².